The smallest absolute Gasteiger partial charge is 0.420 e. The number of ether oxygens (including phenoxy) is 2. The number of benzene rings is 2. The van der Waals surface area contributed by atoms with Crippen molar-refractivity contribution in [2.45, 2.75) is 32.5 Å². The highest BCUT2D eigenvalue weighted by Crippen LogP contribution is 2.41. The van der Waals surface area contributed by atoms with Gasteiger partial charge in [0.2, 0.25) is 6.41 Å². The Balaban J connectivity index is 2.51. The number of alkyl halides is 3. The maximum Gasteiger partial charge on any atom is 0.420 e. The SMILES string of the molecule is COc1ccc2c(C(=O)N(C=O)CC(=O)OC(C)(C)C)cccc2c1C(F)(F)F. The maximum atomic E-state index is 13.6. The molecular formula is C20H20F3NO5. The molecule has 2 aromatic carbocycles. The standard InChI is InChI=1S/C20H20F3NO5/c1-19(2,3)29-16(26)10-24(11-25)18(27)14-7-5-6-13-12(14)8-9-15(28-4)17(13)20(21,22)23/h5-9,11H,10H2,1-4H3. The van der Waals surface area contributed by atoms with Crippen LogP contribution in [0.3, 0.4) is 0 Å². The van der Waals surface area contributed by atoms with E-state index in [0.29, 0.717) is 4.90 Å². The minimum absolute atomic E-state index is 0.0262. The van der Waals surface area contributed by atoms with Gasteiger partial charge in [-0.2, -0.15) is 13.2 Å². The molecule has 0 aromatic heterocycles. The van der Waals surface area contributed by atoms with E-state index in [1.165, 1.54) is 24.3 Å². The van der Waals surface area contributed by atoms with Gasteiger partial charge in [0.1, 0.15) is 23.5 Å². The third-order valence-corrected chi connectivity index (χ3v) is 3.86. The lowest BCUT2D eigenvalue weighted by molar-refractivity contribution is -0.156. The van der Waals surface area contributed by atoms with Crippen LogP contribution in [0.25, 0.3) is 10.8 Å². The van der Waals surface area contributed by atoms with E-state index < -0.39 is 41.5 Å². The molecule has 0 radical (unpaired) electrons. The van der Waals surface area contributed by atoms with Gasteiger partial charge in [0, 0.05) is 5.56 Å². The van der Waals surface area contributed by atoms with Crippen LogP contribution in [0.4, 0.5) is 13.2 Å². The van der Waals surface area contributed by atoms with Gasteiger partial charge in [-0.05, 0) is 49.7 Å². The van der Waals surface area contributed by atoms with Crippen LogP contribution in [-0.4, -0.2) is 42.4 Å². The number of fused-ring (bicyclic) bond motifs is 1. The molecule has 0 saturated heterocycles. The topological polar surface area (TPSA) is 72.9 Å². The first kappa shape index (κ1) is 22.2. The number of carbonyl (C=O) groups is 3. The summed E-state index contributed by atoms with van der Waals surface area (Å²) in [4.78, 5) is 36.7. The van der Waals surface area contributed by atoms with Crippen molar-refractivity contribution < 1.29 is 37.0 Å². The first-order chi connectivity index (χ1) is 13.4. The van der Waals surface area contributed by atoms with Crippen molar-refractivity contribution in [3.8, 4) is 5.75 Å². The molecule has 0 aliphatic heterocycles. The molecule has 0 atom stereocenters. The summed E-state index contributed by atoms with van der Waals surface area (Å²) in [6.45, 7) is 4.19. The molecule has 0 fully saturated rings. The van der Waals surface area contributed by atoms with Gasteiger partial charge in [0.05, 0.1) is 7.11 Å². The summed E-state index contributed by atoms with van der Waals surface area (Å²) in [5.41, 5.74) is -2.02. The molecule has 29 heavy (non-hydrogen) atoms. The summed E-state index contributed by atoms with van der Waals surface area (Å²) in [6.07, 6.45) is -4.59. The number of halogens is 3. The number of esters is 1. The number of carbonyl (C=O) groups excluding carboxylic acids is 3. The van der Waals surface area contributed by atoms with E-state index in [0.717, 1.165) is 13.2 Å². The molecule has 2 aromatic rings. The molecule has 2 rings (SSSR count). The number of hydrogen-bond donors (Lipinski definition) is 0. The normalized spacial score (nSPS) is 11.8. The van der Waals surface area contributed by atoms with E-state index in [9.17, 15) is 27.6 Å². The third kappa shape index (κ3) is 5.04. The second-order valence-corrected chi connectivity index (χ2v) is 7.17. The van der Waals surface area contributed by atoms with E-state index in [1.807, 2.05) is 0 Å². The van der Waals surface area contributed by atoms with Crippen LogP contribution in [0.2, 0.25) is 0 Å². The van der Waals surface area contributed by atoms with Crippen molar-refractivity contribution in [3.05, 3.63) is 41.5 Å². The highest BCUT2D eigenvalue weighted by molar-refractivity contribution is 6.11. The Hall–Kier alpha value is -3.10. The van der Waals surface area contributed by atoms with Crippen LogP contribution in [0.1, 0.15) is 36.7 Å². The van der Waals surface area contributed by atoms with Crippen molar-refractivity contribution in [1.82, 2.24) is 4.90 Å². The lowest BCUT2D eigenvalue weighted by Crippen LogP contribution is -2.38. The predicted octanol–water partition coefficient (Wildman–Crippen LogP) is 3.81. The van der Waals surface area contributed by atoms with Crippen molar-refractivity contribution in [2.24, 2.45) is 0 Å². The van der Waals surface area contributed by atoms with E-state index >= 15 is 0 Å². The minimum atomic E-state index is -4.73. The zero-order valence-electron chi connectivity index (χ0n) is 16.3. The number of amides is 2. The number of nitrogens with zero attached hydrogens (tertiary/aromatic N) is 1. The number of imide groups is 1. The van der Waals surface area contributed by atoms with Crippen molar-refractivity contribution in [1.29, 1.82) is 0 Å². The van der Waals surface area contributed by atoms with Gasteiger partial charge in [0.25, 0.3) is 5.91 Å². The molecule has 2 amide bonds. The molecule has 156 valence electrons. The first-order valence-corrected chi connectivity index (χ1v) is 8.54. The average Bonchev–Trinajstić information content (AvgIpc) is 2.61. The fraction of sp³-hybridized carbons (Fsp3) is 0.350. The number of rotatable bonds is 5. The molecule has 9 heteroatoms. The highest BCUT2D eigenvalue weighted by atomic mass is 19.4. The van der Waals surface area contributed by atoms with Crippen LogP contribution >= 0.6 is 0 Å². The van der Waals surface area contributed by atoms with Gasteiger partial charge < -0.3 is 9.47 Å². The summed E-state index contributed by atoms with van der Waals surface area (Å²) >= 11 is 0. The van der Waals surface area contributed by atoms with Crippen LogP contribution in [-0.2, 0) is 20.5 Å². The molecular weight excluding hydrogens is 391 g/mol. The van der Waals surface area contributed by atoms with Gasteiger partial charge in [-0.3, -0.25) is 19.3 Å². The quantitative estimate of drug-likeness (QED) is 0.553. The molecule has 0 heterocycles. The lowest BCUT2D eigenvalue weighted by Gasteiger charge is -2.22. The Morgan fingerprint density at radius 3 is 2.24 bits per heavy atom. The predicted molar refractivity (Wildman–Crippen MR) is 98.4 cm³/mol. The molecule has 0 unspecified atom stereocenters. The van der Waals surface area contributed by atoms with Gasteiger partial charge in [-0.1, -0.05) is 12.1 Å². The van der Waals surface area contributed by atoms with Gasteiger partial charge in [-0.25, -0.2) is 0 Å². The summed E-state index contributed by atoms with van der Waals surface area (Å²) in [6, 6.07) is 6.15. The van der Waals surface area contributed by atoms with Crippen molar-refractivity contribution >= 4 is 29.1 Å². The zero-order valence-corrected chi connectivity index (χ0v) is 16.3. The Morgan fingerprint density at radius 2 is 1.72 bits per heavy atom. The molecule has 0 aliphatic rings. The van der Waals surface area contributed by atoms with Crippen molar-refractivity contribution in [2.75, 3.05) is 13.7 Å². The van der Waals surface area contributed by atoms with Crippen LogP contribution in [0.15, 0.2) is 30.3 Å². The summed E-state index contributed by atoms with van der Waals surface area (Å²) in [5.74, 6) is -2.14. The zero-order chi connectivity index (χ0) is 22.0. The second kappa shape index (κ2) is 8.10. The molecule has 0 N–H and O–H groups in total. The molecule has 0 spiro atoms. The van der Waals surface area contributed by atoms with E-state index in [1.54, 1.807) is 20.8 Å². The minimum Gasteiger partial charge on any atom is -0.496 e. The monoisotopic (exact) mass is 411 g/mol. The third-order valence-electron chi connectivity index (χ3n) is 3.86. The van der Waals surface area contributed by atoms with E-state index in [2.05, 4.69) is 0 Å². The summed E-state index contributed by atoms with van der Waals surface area (Å²) < 4.78 is 50.6. The molecule has 0 aliphatic carbocycles. The molecule has 0 bridgehead atoms. The lowest BCUT2D eigenvalue weighted by atomic mass is 9.98. The van der Waals surface area contributed by atoms with Crippen LogP contribution in [0.5, 0.6) is 5.75 Å². The molecule has 6 nitrogen and oxygen atoms in total. The highest BCUT2D eigenvalue weighted by Gasteiger charge is 2.37. The fourth-order valence-corrected chi connectivity index (χ4v) is 2.81. The Kier molecular flexibility index (Phi) is 6.20. The molecule has 0 saturated carbocycles. The van der Waals surface area contributed by atoms with Crippen LogP contribution < -0.4 is 4.74 Å². The number of methoxy groups -OCH3 is 1. The fourth-order valence-electron chi connectivity index (χ4n) is 2.81. The Morgan fingerprint density at radius 1 is 1.07 bits per heavy atom. The Bertz CT molecular complexity index is 948. The number of hydrogen-bond acceptors (Lipinski definition) is 5. The maximum absolute atomic E-state index is 13.6. The van der Waals surface area contributed by atoms with Crippen molar-refractivity contribution in [3.63, 3.8) is 0 Å². The van der Waals surface area contributed by atoms with Gasteiger partial charge in [-0.15, -0.1) is 0 Å². The Labute approximate surface area is 165 Å². The average molecular weight is 411 g/mol. The summed E-state index contributed by atoms with van der Waals surface area (Å²) in [7, 11) is 1.11. The second-order valence-electron chi connectivity index (χ2n) is 7.17. The van der Waals surface area contributed by atoms with Gasteiger partial charge in [0.15, 0.2) is 0 Å². The van der Waals surface area contributed by atoms with E-state index in [-0.39, 0.29) is 22.7 Å². The summed E-state index contributed by atoms with van der Waals surface area (Å²) in [5, 5.41) is -0.285. The van der Waals surface area contributed by atoms with Gasteiger partial charge >= 0.3 is 12.1 Å². The first-order valence-electron chi connectivity index (χ1n) is 8.54. The van der Waals surface area contributed by atoms with Crippen LogP contribution in [0, 0.1) is 0 Å². The largest absolute Gasteiger partial charge is 0.496 e. The van der Waals surface area contributed by atoms with E-state index in [4.69, 9.17) is 9.47 Å².